The van der Waals surface area contributed by atoms with Gasteiger partial charge in [0.15, 0.2) is 0 Å². The number of guanidine groups is 1. The standard InChI is InChI=1S/C8H11ClN4O2S/c1-4-2-5(9)7(3-6(4)10)16(14,15)13-8(11)12/h2-3H,10H2,1H3,(H4,11,12,13). The van der Waals surface area contributed by atoms with Crippen molar-refractivity contribution >= 4 is 33.3 Å². The summed E-state index contributed by atoms with van der Waals surface area (Å²) in [6, 6.07) is 2.66. The third-order valence-electron chi connectivity index (χ3n) is 1.82. The number of sulfonamides is 1. The second-order valence-corrected chi connectivity index (χ2v) is 5.11. The minimum absolute atomic E-state index is 0.0247. The number of aryl methyl sites for hydroxylation is 1. The highest BCUT2D eigenvalue weighted by Crippen LogP contribution is 2.27. The third kappa shape index (κ3) is 2.56. The van der Waals surface area contributed by atoms with Gasteiger partial charge < -0.3 is 17.2 Å². The van der Waals surface area contributed by atoms with Crippen molar-refractivity contribution in [2.75, 3.05) is 5.73 Å². The SMILES string of the molecule is Cc1cc(Cl)c(S(=O)(=O)N=C(N)N)cc1N. The van der Waals surface area contributed by atoms with E-state index in [1.165, 1.54) is 12.1 Å². The number of anilines is 1. The summed E-state index contributed by atoms with van der Waals surface area (Å²) in [5, 5.41) is 0.0247. The molecule has 0 saturated heterocycles. The molecule has 0 atom stereocenters. The molecule has 88 valence electrons. The van der Waals surface area contributed by atoms with Crippen LogP contribution in [0.5, 0.6) is 0 Å². The fourth-order valence-electron chi connectivity index (χ4n) is 1.05. The van der Waals surface area contributed by atoms with Gasteiger partial charge in [-0.2, -0.15) is 8.42 Å². The van der Waals surface area contributed by atoms with Gasteiger partial charge in [-0.05, 0) is 24.6 Å². The average molecular weight is 263 g/mol. The summed E-state index contributed by atoms with van der Waals surface area (Å²) in [5.41, 5.74) is 16.6. The molecule has 0 aliphatic heterocycles. The van der Waals surface area contributed by atoms with E-state index >= 15 is 0 Å². The first-order valence-electron chi connectivity index (χ1n) is 4.15. The van der Waals surface area contributed by atoms with Gasteiger partial charge in [-0.3, -0.25) is 0 Å². The second-order valence-electron chi connectivity index (χ2n) is 3.13. The van der Waals surface area contributed by atoms with E-state index in [0.29, 0.717) is 11.3 Å². The molecule has 0 fully saturated rings. The Balaban J connectivity index is 3.46. The monoisotopic (exact) mass is 262 g/mol. The molecule has 0 saturated carbocycles. The Morgan fingerprint density at radius 1 is 1.38 bits per heavy atom. The minimum atomic E-state index is -4.00. The number of hydrogen-bond acceptors (Lipinski definition) is 3. The molecule has 0 aromatic heterocycles. The van der Waals surface area contributed by atoms with E-state index in [4.69, 9.17) is 28.8 Å². The van der Waals surface area contributed by atoms with Gasteiger partial charge in [-0.1, -0.05) is 11.6 Å². The Kier molecular flexibility index (Phi) is 3.30. The zero-order valence-corrected chi connectivity index (χ0v) is 10.0. The summed E-state index contributed by atoms with van der Waals surface area (Å²) in [6.07, 6.45) is 0. The van der Waals surface area contributed by atoms with Crippen LogP contribution in [0, 0.1) is 6.92 Å². The largest absolute Gasteiger partial charge is 0.398 e. The lowest BCUT2D eigenvalue weighted by molar-refractivity contribution is 0.598. The summed E-state index contributed by atoms with van der Waals surface area (Å²) < 4.78 is 26.4. The van der Waals surface area contributed by atoms with Crippen LogP contribution in [-0.4, -0.2) is 14.4 Å². The molecule has 0 aliphatic carbocycles. The van der Waals surface area contributed by atoms with Gasteiger partial charge in [0.1, 0.15) is 4.90 Å². The number of nitrogen functional groups attached to an aromatic ring is 1. The molecule has 6 N–H and O–H groups in total. The second kappa shape index (κ2) is 4.18. The fraction of sp³-hybridized carbons (Fsp3) is 0.125. The number of halogens is 1. The summed E-state index contributed by atoms with van der Waals surface area (Å²) in [7, 11) is -4.00. The molecule has 0 unspecified atom stereocenters. The van der Waals surface area contributed by atoms with Crippen molar-refractivity contribution in [3.8, 4) is 0 Å². The van der Waals surface area contributed by atoms with E-state index in [1.54, 1.807) is 6.92 Å². The number of nitrogens with zero attached hydrogens (tertiary/aromatic N) is 1. The molecule has 0 radical (unpaired) electrons. The number of nitrogens with two attached hydrogens (primary N) is 3. The summed E-state index contributed by atoms with van der Waals surface area (Å²) >= 11 is 5.78. The van der Waals surface area contributed by atoms with E-state index < -0.39 is 16.0 Å². The van der Waals surface area contributed by atoms with Crippen LogP contribution in [0.4, 0.5) is 5.69 Å². The molecule has 16 heavy (non-hydrogen) atoms. The highest BCUT2D eigenvalue weighted by Gasteiger charge is 2.18. The molecule has 0 spiro atoms. The van der Waals surface area contributed by atoms with Crippen molar-refractivity contribution in [1.82, 2.24) is 0 Å². The van der Waals surface area contributed by atoms with Crippen LogP contribution < -0.4 is 17.2 Å². The van der Waals surface area contributed by atoms with Crippen LogP contribution in [0.2, 0.25) is 5.02 Å². The first-order chi connectivity index (χ1) is 7.24. The fourth-order valence-corrected chi connectivity index (χ4v) is 2.52. The summed E-state index contributed by atoms with van der Waals surface area (Å²) in [6.45, 7) is 1.71. The molecule has 0 amide bonds. The smallest absolute Gasteiger partial charge is 0.287 e. The van der Waals surface area contributed by atoms with Crippen LogP contribution in [0.1, 0.15) is 5.56 Å². The van der Waals surface area contributed by atoms with Gasteiger partial charge >= 0.3 is 0 Å². The maximum atomic E-state index is 11.6. The normalized spacial score (nSPS) is 11.1. The van der Waals surface area contributed by atoms with Crippen molar-refractivity contribution in [3.63, 3.8) is 0 Å². The van der Waals surface area contributed by atoms with Crippen molar-refractivity contribution in [3.05, 3.63) is 22.7 Å². The predicted molar refractivity (Wildman–Crippen MR) is 63.6 cm³/mol. The zero-order chi connectivity index (χ0) is 12.5. The predicted octanol–water partition coefficient (Wildman–Crippen LogP) is 0.193. The molecule has 6 nitrogen and oxygen atoms in total. The van der Waals surface area contributed by atoms with Gasteiger partial charge in [0.2, 0.25) is 5.96 Å². The quantitative estimate of drug-likeness (QED) is 0.399. The molecular formula is C8H11ClN4O2S. The van der Waals surface area contributed by atoms with Crippen molar-refractivity contribution < 1.29 is 8.42 Å². The van der Waals surface area contributed by atoms with Crippen LogP contribution in [-0.2, 0) is 10.0 Å². The van der Waals surface area contributed by atoms with Gasteiger partial charge in [-0.25, -0.2) is 0 Å². The lowest BCUT2D eigenvalue weighted by atomic mass is 10.2. The first kappa shape index (κ1) is 12.6. The molecule has 0 aliphatic rings. The lowest BCUT2D eigenvalue weighted by Crippen LogP contribution is -2.24. The molecule has 1 aromatic carbocycles. The highest BCUT2D eigenvalue weighted by atomic mass is 35.5. The Bertz CT molecular complexity index is 549. The Labute approximate surface area is 98.1 Å². The lowest BCUT2D eigenvalue weighted by Gasteiger charge is -2.06. The average Bonchev–Trinajstić information content (AvgIpc) is 2.08. The summed E-state index contributed by atoms with van der Waals surface area (Å²) in [5.74, 6) is -0.560. The molecule has 0 bridgehead atoms. The Morgan fingerprint density at radius 3 is 2.44 bits per heavy atom. The van der Waals surface area contributed by atoms with Crippen LogP contribution >= 0.6 is 11.6 Å². The van der Waals surface area contributed by atoms with E-state index in [-0.39, 0.29) is 9.92 Å². The Morgan fingerprint density at radius 2 is 1.94 bits per heavy atom. The van der Waals surface area contributed by atoms with Gasteiger partial charge in [-0.15, -0.1) is 4.40 Å². The zero-order valence-electron chi connectivity index (χ0n) is 8.44. The van der Waals surface area contributed by atoms with Crippen LogP contribution in [0.3, 0.4) is 0 Å². The topological polar surface area (TPSA) is 125 Å². The maximum Gasteiger partial charge on any atom is 0.287 e. The molecular weight excluding hydrogens is 252 g/mol. The van der Waals surface area contributed by atoms with E-state index in [1.807, 2.05) is 0 Å². The van der Waals surface area contributed by atoms with E-state index in [0.717, 1.165) is 0 Å². The maximum absolute atomic E-state index is 11.6. The van der Waals surface area contributed by atoms with Crippen LogP contribution in [0.25, 0.3) is 0 Å². The highest BCUT2D eigenvalue weighted by molar-refractivity contribution is 7.90. The molecule has 1 rings (SSSR count). The number of rotatable bonds is 2. The minimum Gasteiger partial charge on any atom is -0.398 e. The van der Waals surface area contributed by atoms with Crippen LogP contribution in [0.15, 0.2) is 21.4 Å². The summed E-state index contributed by atoms with van der Waals surface area (Å²) in [4.78, 5) is -0.217. The van der Waals surface area contributed by atoms with Gasteiger partial charge in [0.05, 0.1) is 5.02 Å². The molecule has 0 heterocycles. The van der Waals surface area contributed by atoms with Crippen molar-refractivity contribution in [1.29, 1.82) is 0 Å². The number of benzene rings is 1. The Hall–Kier alpha value is -1.47. The molecule has 8 heteroatoms. The van der Waals surface area contributed by atoms with E-state index in [9.17, 15) is 8.42 Å². The number of hydrogen-bond donors (Lipinski definition) is 3. The van der Waals surface area contributed by atoms with Gasteiger partial charge in [0, 0.05) is 5.69 Å². The van der Waals surface area contributed by atoms with Gasteiger partial charge in [0.25, 0.3) is 10.0 Å². The van der Waals surface area contributed by atoms with Crippen molar-refractivity contribution in [2.45, 2.75) is 11.8 Å². The van der Waals surface area contributed by atoms with E-state index in [2.05, 4.69) is 4.40 Å². The third-order valence-corrected chi connectivity index (χ3v) is 3.59. The molecule has 1 aromatic rings. The first-order valence-corrected chi connectivity index (χ1v) is 5.97. The van der Waals surface area contributed by atoms with Crippen molar-refractivity contribution in [2.24, 2.45) is 15.9 Å².